The van der Waals surface area contributed by atoms with Crippen molar-refractivity contribution in [2.45, 2.75) is 38.7 Å². The van der Waals surface area contributed by atoms with Crippen LogP contribution in [0.1, 0.15) is 38.7 Å². The predicted molar refractivity (Wildman–Crippen MR) is 72.9 cm³/mol. The number of nitrogens with zero attached hydrogens (tertiary/aromatic N) is 1. The smallest absolute Gasteiger partial charge is 0.264 e. The molecule has 1 aliphatic heterocycles. The number of hydrogen-bond acceptors (Lipinski definition) is 3. The van der Waals surface area contributed by atoms with Gasteiger partial charge in [-0.3, -0.25) is 9.59 Å². The maximum absolute atomic E-state index is 12.4. The summed E-state index contributed by atoms with van der Waals surface area (Å²) < 4.78 is 0. The molecule has 0 aromatic heterocycles. The van der Waals surface area contributed by atoms with Gasteiger partial charge in [0.1, 0.15) is 5.78 Å². The average Bonchev–Trinajstić information content (AvgIpc) is 2.57. The van der Waals surface area contributed by atoms with Crippen LogP contribution in [0.3, 0.4) is 0 Å². The van der Waals surface area contributed by atoms with Gasteiger partial charge >= 0.3 is 0 Å². The third kappa shape index (κ3) is 2.28. The zero-order valence-corrected chi connectivity index (χ0v) is 11.3. The van der Waals surface area contributed by atoms with Crippen LogP contribution in [-0.2, 0) is 15.2 Å². The molecule has 1 unspecified atom stereocenters. The van der Waals surface area contributed by atoms with Crippen molar-refractivity contribution < 1.29 is 14.7 Å². The molecule has 1 heterocycles. The first-order chi connectivity index (χ1) is 9.00. The van der Waals surface area contributed by atoms with E-state index in [1.165, 1.54) is 6.92 Å². The summed E-state index contributed by atoms with van der Waals surface area (Å²) in [5.74, 6) is -0.569. The van der Waals surface area contributed by atoms with Crippen LogP contribution < -0.4 is 4.90 Å². The average molecular weight is 261 g/mol. The van der Waals surface area contributed by atoms with Gasteiger partial charge in [0.05, 0.1) is 5.69 Å². The zero-order chi connectivity index (χ0) is 14.0. The molecule has 0 radical (unpaired) electrons. The lowest BCUT2D eigenvalue weighted by atomic mass is 9.90. The monoisotopic (exact) mass is 261 g/mol. The summed E-state index contributed by atoms with van der Waals surface area (Å²) in [6.45, 7) is 4.02. The molecular formula is C15H19NO3. The highest BCUT2D eigenvalue weighted by Gasteiger charge is 2.49. The van der Waals surface area contributed by atoms with Crippen molar-refractivity contribution in [1.82, 2.24) is 0 Å². The lowest BCUT2D eigenvalue weighted by Crippen LogP contribution is -2.41. The molecule has 0 bridgehead atoms. The second-order valence-electron chi connectivity index (χ2n) is 5.07. The van der Waals surface area contributed by atoms with E-state index in [-0.39, 0.29) is 18.1 Å². The van der Waals surface area contributed by atoms with E-state index in [0.29, 0.717) is 12.1 Å². The molecule has 1 N–H and O–H groups in total. The second-order valence-corrected chi connectivity index (χ2v) is 5.07. The molecule has 1 aromatic rings. The number of rotatable bonds is 5. The van der Waals surface area contributed by atoms with E-state index < -0.39 is 5.60 Å². The van der Waals surface area contributed by atoms with Gasteiger partial charge in [0.15, 0.2) is 5.60 Å². The Labute approximate surface area is 113 Å². The van der Waals surface area contributed by atoms with Crippen molar-refractivity contribution in [3.63, 3.8) is 0 Å². The van der Waals surface area contributed by atoms with E-state index in [1.807, 2.05) is 19.1 Å². The lowest BCUT2D eigenvalue weighted by molar-refractivity contribution is -0.141. The highest BCUT2D eigenvalue weighted by molar-refractivity contribution is 6.08. The fourth-order valence-electron chi connectivity index (χ4n) is 2.58. The number of anilines is 1. The molecule has 102 valence electrons. The first-order valence-corrected chi connectivity index (χ1v) is 6.64. The number of carbonyl (C=O) groups excluding carboxylic acids is 2. The van der Waals surface area contributed by atoms with Gasteiger partial charge in [-0.25, -0.2) is 0 Å². The van der Waals surface area contributed by atoms with Crippen molar-refractivity contribution >= 4 is 17.4 Å². The topological polar surface area (TPSA) is 57.6 Å². The Morgan fingerprint density at radius 3 is 2.68 bits per heavy atom. The largest absolute Gasteiger partial charge is 0.375 e. The minimum atomic E-state index is -1.68. The Hall–Kier alpha value is -1.68. The van der Waals surface area contributed by atoms with Crippen molar-refractivity contribution in [2.24, 2.45) is 0 Å². The number of carbonyl (C=O) groups is 2. The van der Waals surface area contributed by atoms with Crippen molar-refractivity contribution in [3.8, 4) is 0 Å². The number of fused-ring (bicyclic) bond motifs is 1. The standard InChI is InChI=1S/C15H19NO3/c1-3-4-9-16-13-8-6-5-7-12(13)15(19,14(16)18)10-11(2)17/h5-8,19H,3-4,9-10H2,1-2H3. The quantitative estimate of drug-likeness (QED) is 0.882. The molecule has 4 nitrogen and oxygen atoms in total. The number of aliphatic hydroxyl groups is 1. The second kappa shape index (κ2) is 5.13. The van der Waals surface area contributed by atoms with Crippen LogP contribution in [-0.4, -0.2) is 23.3 Å². The van der Waals surface area contributed by atoms with Gasteiger partial charge in [0, 0.05) is 18.5 Å². The van der Waals surface area contributed by atoms with Gasteiger partial charge in [0.2, 0.25) is 0 Å². The highest BCUT2D eigenvalue weighted by Crippen LogP contribution is 2.42. The zero-order valence-electron chi connectivity index (χ0n) is 11.3. The molecular weight excluding hydrogens is 242 g/mol. The van der Waals surface area contributed by atoms with E-state index in [0.717, 1.165) is 18.5 Å². The highest BCUT2D eigenvalue weighted by atomic mass is 16.3. The minimum Gasteiger partial charge on any atom is -0.375 e. The summed E-state index contributed by atoms with van der Waals surface area (Å²) in [6, 6.07) is 7.16. The Kier molecular flexibility index (Phi) is 3.71. The molecule has 4 heteroatoms. The number of benzene rings is 1. The van der Waals surface area contributed by atoms with Gasteiger partial charge in [-0.2, -0.15) is 0 Å². The molecule has 1 aliphatic rings. The van der Waals surface area contributed by atoms with Crippen molar-refractivity contribution in [1.29, 1.82) is 0 Å². The number of hydrogen-bond donors (Lipinski definition) is 1. The third-order valence-corrected chi connectivity index (χ3v) is 3.48. The lowest BCUT2D eigenvalue weighted by Gasteiger charge is -2.22. The van der Waals surface area contributed by atoms with Gasteiger partial charge in [-0.15, -0.1) is 0 Å². The number of ketones is 1. The number of para-hydroxylation sites is 1. The Morgan fingerprint density at radius 1 is 1.37 bits per heavy atom. The minimum absolute atomic E-state index is 0.161. The van der Waals surface area contributed by atoms with Gasteiger partial charge in [0.25, 0.3) is 5.91 Å². The molecule has 0 spiro atoms. The Morgan fingerprint density at radius 2 is 2.05 bits per heavy atom. The Balaban J connectivity index is 2.43. The molecule has 19 heavy (non-hydrogen) atoms. The van der Waals surface area contributed by atoms with E-state index in [4.69, 9.17) is 0 Å². The number of Topliss-reactive ketones (excluding diaryl/α,β-unsaturated/α-hetero) is 1. The molecule has 0 fully saturated rings. The summed E-state index contributed by atoms with van der Waals surface area (Å²) in [6.07, 6.45) is 1.68. The number of unbranched alkanes of at least 4 members (excludes halogenated alkanes) is 1. The molecule has 0 aliphatic carbocycles. The van der Waals surface area contributed by atoms with E-state index in [2.05, 4.69) is 0 Å². The fraction of sp³-hybridized carbons (Fsp3) is 0.467. The van der Waals surface area contributed by atoms with Crippen LogP contribution in [0.25, 0.3) is 0 Å². The molecule has 2 rings (SSSR count). The van der Waals surface area contributed by atoms with Gasteiger partial charge < -0.3 is 10.0 Å². The van der Waals surface area contributed by atoms with E-state index in [1.54, 1.807) is 17.0 Å². The van der Waals surface area contributed by atoms with Crippen LogP contribution in [0.5, 0.6) is 0 Å². The summed E-state index contributed by atoms with van der Waals surface area (Å²) >= 11 is 0. The van der Waals surface area contributed by atoms with Crippen LogP contribution in [0.4, 0.5) is 5.69 Å². The van der Waals surface area contributed by atoms with Crippen LogP contribution in [0.15, 0.2) is 24.3 Å². The van der Waals surface area contributed by atoms with Crippen LogP contribution >= 0.6 is 0 Å². The predicted octanol–water partition coefficient (Wildman–Crippen LogP) is 2.00. The van der Waals surface area contributed by atoms with Crippen LogP contribution in [0, 0.1) is 0 Å². The first kappa shape index (κ1) is 13.7. The summed E-state index contributed by atoms with van der Waals surface area (Å²) in [4.78, 5) is 25.4. The van der Waals surface area contributed by atoms with E-state index >= 15 is 0 Å². The van der Waals surface area contributed by atoms with Gasteiger partial charge in [-0.1, -0.05) is 31.5 Å². The summed E-state index contributed by atoms with van der Waals surface area (Å²) in [5.41, 5.74) is -0.410. The SMILES string of the molecule is CCCCN1C(=O)C(O)(CC(C)=O)c2ccccc21. The van der Waals surface area contributed by atoms with Crippen molar-refractivity contribution in [3.05, 3.63) is 29.8 Å². The molecule has 0 saturated heterocycles. The maximum atomic E-state index is 12.4. The summed E-state index contributed by atoms with van der Waals surface area (Å²) in [7, 11) is 0. The molecule has 0 saturated carbocycles. The molecule has 1 aromatic carbocycles. The summed E-state index contributed by atoms with van der Waals surface area (Å²) in [5, 5.41) is 10.6. The fourth-order valence-corrected chi connectivity index (χ4v) is 2.58. The van der Waals surface area contributed by atoms with E-state index in [9.17, 15) is 14.7 Å². The Bertz CT molecular complexity index is 512. The first-order valence-electron chi connectivity index (χ1n) is 6.64. The van der Waals surface area contributed by atoms with Crippen molar-refractivity contribution in [2.75, 3.05) is 11.4 Å². The molecule has 1 amide bonds. The number of amides is 1. The molecule has 1 atom stereocenters. The normalized spacial score (nSPS) is 21.6. The van der Waals surface area contributed by atoms with Crippen LogP contribution in [0.2, 0.25) is 0 Å². The third-order valence-electron chi connectivity index (χ3n) is 3.48. The van der Waals surface area contributed by atoms with Gasteiger partial charge in [-0.05, 0) is 19.4 Å². The maximum Gasteiger partial charge on any atom is 0.264 e.